The third-order valence-corrected chi connectivity index (χ3v) is 8.53. The molecule has 0 N–H and O–H groups in total. The number of ether oxygens (including phenoxy) is 2. The molecule has 1 aliphatic carbocycles. The van der Waals surface area contributed by atoms with Gasteiger partial charge in [-0.15, -0.1) is 0 Å². The van der Waals surface area contributed by atoms with Crippen molar-refractivity contribution in [3.63, 3.8) is 0 Å². The van der Waals surface area contributed by atoms with E-state index in [2.05, 4.69) is 96.4 Å². The minimum Gasteiger partial charge on any atom is -0.426 e. The smallest absolute Gasteiger partial charge is 0.317 e. The Hall–Kier alpha value is -3.15. The highest BCUT2D eigenvalue weighted by Crippen LogP contribution is 2.70. The number of nitrogens with zero attached hydrogens (tertiary/aromatic N) is 2. The number of hydrogen-bond acceptors (Lipinski definition) is 5. The van der Waals surface area contributed by atoms with Gasteiger partial charge < -0.3 is 14.4 Å². The summed E-state index contributed by atoms with van der Waals surface area (Å²) in [7, 11) is 0. The highest BCUT2D eigenvalue weighted by Gasteiger charge is 2.71. The van der Waals surface area contributed by atoms with E-state index in [0.717, 1.165) is 37.4 Å². The third kappa shape index (κ3) is 3.40. The second-order valence-corrected chi connectivity index (χ2v) is 10.0. The van der Waals surface area contributed by atoms with Crippen LogP contribution < -0.4 is 9.64 Å². The van der Waals surface area contributed by atoms with E-state index in [4.69, 9.17) is 9.47 Å². The molecule has 2 aliphatic heterocycles. The van der Waals surface area contributed by atoms with E-state index in [1.54, 1.807) is 0 Å². The Morgan fingerprint density at radius 1 is 0.861 bits per heavy atom. The molecule has 1 saturated carbocycles. The number of esters is 1. The van der Waals surface area contributed by atoms with Crippen molar-refractivity contribution in [2.24, 2.45) is 5.92 Å². The summed E-state index contributed by atoms with van der Waals surface area (Å²) in [6.45, 7) is 9.07. The summed E-state index contributed by atoms with van der Waals surface area (Å²) in [6.07, 6.45) is 0. The van der Waals surface area contributed by atoms with Crippen LogP contribution in [0.25, 0.3) is 0 Å². The molecule has 0 spiro atoms. The average molecular weight is 483 g/mol. The van der Waals surface area contributed by atoms with Crippen LogP contribution in [0.2, 0.25) is 0 Å². The molecule has 0 radical (unpaired) electrons. The summed E-state index contributed by atoms with van der Waals surface area (Å²) in [5.41, 5.74) is 4.21. The predicted octanol–water partition coefficient (Wildman–Crippen LogP) is 5.18. The highest BCUT2D eigenvalue weighted by molar-refractivity contribution is 5.85. The molecule has 4 unspecified atom stereocenters. The van der Waals surface area contributed by atoms with Crippen molar-refractivity contribution in [3.8, 4) is 5.75 Å². The van der Waals surface area contributed by atoms with Crippen LogP contribution in [0.3, 0.4) is 0 Å². The summed E-state index contributed by atoms with van der Waals surface area (Å²) in [5, 5.41) is 0. The molecule has 1 saturated heterocycles. The van der Waals surface area contributed by atoms with Crippen molar-refractivity contribution in [1.82, 2.24) is 4.90 Å². The summed E-state index contributed by atoms with van der Waals surface area (Å²) in [4.78, 5) is 18.8. The maximum Gasteiger partial charge on any atom is 0.317 e. The van der Waals surface area contributed by atoms with E-state index in [-0.39, 0.29) is 23.7 Å². The SMILES string of the molecule is CCN(CC)c1ccc2c(c1)OC(=O)C1C(c3ccccc3)C(c3ccccc3)C21N1CCOCC1. The maximum absolute atomic E-state index is 14.0. The van der Waals surface area contributed by atoms with Crippen molar-refractivity contribution < 1.29 is 14.3 Å². The molecular formula is C31H34N2O3. The fourth-order valence-corrected chi connectivity index (χ4v) is 7.04. The minimum atomic E-state index is -0.474. The van der Waals surface area contributed by atoms with Gasteiger partial charge in [-0.05, 0) is 31.0 Å². The van der Waals surface area contributed by atoms with Gasteiger partial charge in [-0.1, -0.05) is 66.7 Å². The van der Waals surface area contributed by atoms with Gasteiger partial charge in [0.25, 0.3) is 0 Å². The number of anilines is 1. The zero-order chi connectivity index (χ0) is 24.7. The zero-order valence-corrected chi connectivity index (χ0v) is 21.1. The topological polar surface area (TPSA) is 42.0 Å². The number of benzene rings is 3. The number of hydrogen-bond donors (Lipinski definition) is 0. The first-order chi connectivity index (χ1) is 17.7. The number of carbonyl (C=O) groups is 1. The molecule has 2 heterocycles. The van der Waals surface area contributed by atoms with Gasteiger partial charge in [0.15, 0.2) is 0 Å². The summed E-state index contributed by atoms with van der Waals surface area (Å²) in [5.74, 6) is 0.468. The van der Waals surface area contributed by atoms with Gasteiger partial charge in [0.1, 0.15) is 5.75 Å². The molecule has 186 valence electrons. The molecule has 4 atom stereocenters. The summed E-state index contributed by atoms with van der Waals surface area (Å²) >= 11 is 0. The number of rotatable bonds is 6. The Labute approximate surface area is 213 Å². The van der Waals surface area contributed by atoms with Gasteiger partial charge in [-0.3, -0.25) is 9.69 Å². The fourth-order valence-electron chi connectivity index (χ4n) is 7.04. The van der Waals surface area contributed by atoms with Crippen molar-refractivity contribution >= 4 is 11.7 Å². The van der Waals surface area contributed by atoms with Crippen LogP contribution in [0.15, 0.2) is 78.9 Å². The van der Waals surface area contributed by atoms with Crippen molar-refractivity contribution in [1.29, 1.82) is 0 Å². The summed E-state index contributed by atoms with van der Waals surface area (Å²) in [6, 6.07) is 27.8. The predicted molar refractivity (Wildman–Crippen MR) is 142 cm³/mol. The Morgan fingerprint density at radius 2 is 1.50 bits per heavy atom. The maximum atomic E-state index is 14.0. The molecule has 2 fully saturated rings. The first-order valence-electron chi connectivity index (χ1n) is 13.2. The van der Waals surface area contributed by atoms with Crippen LogP contribution >= 0.6 is 0 Å². The molecule has 3 aliphatic rings. The van der Waals surface area contributed by atoms with Gasteiger partial charge >= 0.3 is 5.97 Å². The monoisotopic (exact) mass is 482 g/mol. The van der Waals surface area contributed by atoms with E-state index in [9.17, 15) is 4.79 Å². The van der Waals surface area contributed by atoms with Gasteiger partial charge in [-0.2, -0.15) is 0 Å². The second kappa shape index (κ2) is 9.38. The quantitative estimate of drug-likeness (QED) is 0.358. The molecular weight excluding hydrogens is 448 g/mol. The molecule has 0 bridgehead atoms. The molecule has 6 rings (SSSR count). The molecule has 5 nitrogen and oxygen atoms in total. The van der Waals surface area contributed by atoms with Crippen molar-refractivity contribution in [3.05, 3.63) is 95.6 Å². The van der Waals surface area contributed by atoms with Crippen molar-refractivity contribution in [2.45, 2.75) is 31.2 Å². The van der Waals surface area contributed by atoms with Crippen LogP contribution in [-0.4, -0.2) is 50.3 Å². The minimum absolute atomic E-state index is 0.0413. The van der Waals surface area contributed by atoms with Crippen LogP contribution in [0, 0.1) is 5.92 Å². The van der Waals surface area contributed by atoms with E-state index in [0.29, 0.717) is 19.0 Å². The lowest BCUT2D eigenvalue weighted by Crippen LogP contribution is -2.71. The molecule has 5 heteroatoms. The van der Waals surface area contributed by atoms with E-state index < -0.39 is 5.54 Å². The first kappa shape index (κ1) is 23.3. The normalized spacial score (nSPS) is 27.4. The van der Waals surface area contributed by atoms with Crippen molar-refractivity contribution in [2.75, 3.05) is 44.3 Å². The molecule has 3 aromatic carbocycles. The lowest BCUT2D eigenvalue weighted by molar-refractivity contribution is -0.179. The molecule has 36 heavy (non-hydrogen) atoms. The van der Waals surface area contributed by atoms with Gasteiger partial charge in [0.2, 0.25) is 0 Å². The van der Waals surface area contributed by atoms with Crippen LogP contribution in [-0.2, 0) is 15.1 Å². The number of carbonyl (C=O) groups excluding carboxylic acids is 1. The van der Waals surface area contributed by atoms with E-state index in [1.807, 2.05) is 6.07 Å². The number of morpholine rings is 1. The summed E-state index contributed by atoms with van der Waals surface area (Å²) < 4.78 is 12.0. The fraction of sp³-hybridized carbons (Fsp3) is 0.387. The van der Waals surface area contributed by atoms with Gasteiger partial charge in [0, 0.05) is 55.3 Å². The van der Waals surface area contributed by atoms with Crippen LogP contribution in [0.5, 0.6) is 5.75 Å². The van der Waals surface area contributed by atoms with E-state index >= 15 is 0 Å². The Morgan fingerprint density at radius 3 is 2.14 bits per heavy atom. The lowest BCUT2D eigenvalue weighted by Gasteiger charge is -2.67. The molecule has 0 amide bonds. The average Bonchev–Trinajstić information content (AvgIpc) is 2.91. The standard InChI is InChI=1S/C31H34N2O3/c1-3-32(4-2)24-15-16-25-26(21-24)36-30(34)29-27(22-11-7-5-8-12-22)28(23-13-9-6-10-14-23)31(25,29)33-17-19-35-20-18-33/h5-16,21,27-29H,3-4,17-20H2,1-2H3. The highest BCUT2D eigenvalue weighted by atomic mass is 16.5. The first-order valence-corrected chi connectivity index (χ1v) is 13.2. The van der Waals surface area contributed by atoms with Crippen LogP contribution in [0.4, 0.5) is 5.69 Å². The van der Waals surface area contributed by atoms with Crippen LogP contribution in [0.1, 0.15) is 42.4 Å². The number of fused-ring (bicyclic) bond motifs is 3. The Balaban J connectivity index is 1.58. The molecule has 3 aromatic rings. The Bertz CT molecular complexity index is 1220. The molecule has 0 aromatic heterocycles. The zero-order valence-electron chi connectivity index (χ0n) is 21.1. The van der Waals surface area contributed by atoms with E-state index in [1.165, 1.54) is 11.1 Å². The largest absolute Gasteiger partial charge is 0.426 e. The second-order valence-electron chi connectivity index (χ2n) is 10.0. The van der Waals surface area contributed by atoms with Gasteiger partial charge in [-0.25, -0.2) is 0 Å². The third-order valence-electron chi connectivity index (χ3n) is 8.53. The van der Waals surface area contributed by atoms with Gasteiger partial charge in [0.05, 0.1) is 24.7 Å². The Kier molecular flexibility index (Phi) is 6.06. The lowest BCUT2D eigenvalue weighted by atomic mass is 9.44.